The first-order chi connectivity index (χ1) is 12.4. The summed E-state index contributed by atoms with van der Waals surface area (Å²) >= 11 is 0. The first-order valence-corrected chi connectivity index (χ1v) is 9.56. The second kappa shape index (κ2) is 8.09. The lowest BCUT2D eigenvalue weighted by atomic mass is 9.66. The maximum Gasteiger partial charge on any atom is 0.451 e. The van der Waals surface area contributed by atoms with E-state index < -0.39 is 18.6 Å². The summed E-state index contributed by atoms with van der Waals surface area (Å²) in [7, 11) is -1.34. The van der Waals surface area contributed by atoms with Crippen molar-refractivity contribution < 1.29 is 19.9 Å². The Morgan fingerprint density at radius 3 is 2.69 bits per heavy atom. The largest absolute Gasteiger partial charge is 0.480 e. The molecule has 1 fully saturated rings. The van der Waals surface area contributed by atoms with Gasteiger partial charge in [0.05, 0.1) is 0 Å². The number of hydrogen-bond acceptors (Lipinski definition) is 5. The predicted molar refractivity (Wildman–Crippen MR) is 100 cm³/mol. The van der Waals surface area contributed by atoms with Gasteiger partial charge in [-0.15, -0.1) is 0 Å². The Balaban J connectivity index is 1.65. The van der Waals surface area contributed by atoms with Gasteiger partial charge in [0.2, 0.25) is 0 Å². The fraction of sp³-hybridized carbons (Fsp3) is 0.632. The summed E-state index contributed by atoms with van der Waals surface area (Å²) in [5, 5.41) is 28.0. The Labute approximate surface area is 155 Å². The zero-order chi connectivity index (χ0) is 18.7. The van der Waals surface area contributed by atoms with Crippen LogP contribution in [0.4, 0.5) is 0 Å². The third kappa shape index (κ3) is 4.28. The van der Waals surface area contributed by atoms with Gasteiger partial charge in [0.25, 0.3) is 0 Å². The predicted octanol–water partition coefficient (Wildman–Crippen LogP) is 1.11. The Kier molecular flexibility index (Phi) is 6.02. The quantitative estimate of drug-likeness (QED) is 0.566. The van der Waals surface area contributed by atoms with E-state index in [-0.39, 0.29) is 18.2 Å². The zero-order valence-electron chi connectivity index (χ0n) is 15.2. The minimum atomic E-state index is -1.34. The summed E-state index contributed by atoms with van der Waals surface area (Å²) in [6, 6.07) is 8.42. The van der Waals surface area contributed by atoms with E-state index in [2.05, 4.69) is 23.1 Å². The minimum absolute atomic E-state index is 0.0828. The van der Waals surface area contributed by atoms with Gasteiger partial charge in [-0.1, -0.05) is 30.7 Å². The highest BCUT2D eigenvalue weighted by atomic mass is 16.4. The Morgan fingerprint density at radius 2 is 2.00 bits per heavy atom. The zero-order valence-corrected chi connectivity index (χ0v) is 15.2. The van der Waals surface area contributed by atoms with E-state index >= 15 is 0 Å². The Bertz CT molecular complexity index is 642. The van der Waals surface area contributed by atoms with E-state index in [1.807, 2.05) is 6.07 Å². The molecule has 142 valence electrons. The van der Waals surface area contributed by atoms with E-state index in [0.717, 1.165) is 32.4 Å². The van der Waals surface area contributed by atoms with Crippen molar-refractivity contribution in [2.45, 2.75) is 50.5 Å². The standard InChI is InChI=1S/C19H29BN2O4/c21-19(18(23)24)11-14(7-9-20(25)26)5-6-17(19)13-22-10-8-15-3-1-2-4-16(15)12-22/h1-4,14,17,25-26H,5-13,21H2,(H,23,24). The molecule has 1 aromatic rings. The second-order valence-electron chi connectivity index (χ2n) is 8.00. The summed E-state index contributed by atoms with van der Waals surface area (Å²) < 4.78 is 0. The van der Waals surface area contributed by atoms with Crippen LogP contribution in [-0.2, 0) is 17.8 Å². The van der Waals surface area contributed by atoms with Gasteiger partial charge in [0.15, 0.2) is 0 Å². The minimum Gasteiger partial charge on any atom is -0.480 e. The highest BCUT2D eigenvalue weighted by molar-refractivity contribution is 6.40. The highest BCUT2D eigenvalue weighted by Crippen LogP contribution is 2.39. The maximum absolute atomic E-state index is 12.0. The van der Waals surface area contributed by atoms with Crippen LogP contribution in [-0.4, -0.2) is 51.8 Å². The number of hydrogen-bond donors (Lipinski definition) is 4. The van der Waals surface area contributed by atoms with Crippen LogP contribution in [0.1, 0.15) is 36.8 Å². The van der Waals surface area contributed by atoms with E-state index in [4.69, 9.17) is 15.8 Å². The van der Waals surface area contributed by atoms with Crippen LogP contribution in [0, 0.1) is 11.8 Å². The van der Waals surface area contributed by atoms with E-state index in [1.54, 1.807) is 0 Å². The smallest absolute Gasteiger partial charge is 0.451 e. The van der Waals surface area contributed by atoms with Crippen molar-refractivity contribution in [3.63, 3.8) is 0 Å². The molecule has 0 radical (unpaired) electrons. The van der Waals surface area contributed by atoms with Crippen molar-refractivity contribution in [1.82, 2.24) is 4.90 Å². The van der Waals surface area contributed by atoms with E-state index in [1.165, 1.54) is 11.1 Å². The molecule has 3 rings (SSSR count). The SMILES string of the molecule is NC1(C(=O)O)CC(CCB(O)O)CCC1CN1CCc2ccccc2C1. The lowest BCUT2D eigenvalue weighted by Crippen LogP contribution is -2.60. The van der Waals surface area contributed by atoms with Crippen molar-refractivity contribution in [2.75, 3.05) is 13.1 Å². The fourth-order valence-electron chi connectivity index (χ4n) is 4.61. The molecule has 0 bridgehead atoms. The number of aliphatic carboxylic acids is 1. The molecule has 1 saturated carbocycles. The molecule has 1 aliphatic carbocycles. The van der Waals surface area contributed by atoms with Gasteiger partial charge in [-0.3, -0.25) is 9.69 Å². The molecule has 7 heteroatoms. The number of rotatable bonds is 6. The van der Waals surface area contributed by atoms with Crippen LogP contribution in [0.3, 0.4) is 0 Å². The summed E-state index contributed by atoms with van der Waals surface area (Å²) in [5.74, 6) is -0.883. The van der Waals surface area contributed by atoms with Crippen molar-refractivity contribution in [3.05, 3.63) is 35.4 Å². The highest BCUT2D eigenvalue weighted by Gasteiger charge is 2.47. The molecule has 0 amide bonds. The topological polar surface area (TPSA) is 107 Å². The van der Waals surface area contributed by atoms with Gasteiger partial charge in [-0.25, -0.2) is 0 Å². The summed E-state index contributed by atoms with van der Waals surface area (Å²) in [6.07, 6.45) is 3.94. The number of carbonyl (C=O) groups is 1. The van der Waals surface area contributed by atoms with Crippen molar-refractivity contribution in [2.24, 2.45) is 17.6 Å². The Hall–Kier alpha value is -1.41. The van der Waals surface area contributed by atoms with Crippen LogP contribution in [0.25, 0.3) is 0 Å². The average Bonchev–Trinajstić information content (AvgIpc) is 2.62. The monoisotopic (exact) mass is 360 g/mol. The molecule has 1 heterocycles. The number of carboxylic acid groups (broad SMARTS) is 1. The molecule has 0 saturated heterocycles. The number of nitrogens with zero attached hydrogens (tertiary/aromatic N) is 1. The fourth-order valence-corrected chi connectivity index (χ4v) is 4.61. The molecule has 0 aromatic heterocycles. The van der Waals surface area contributed by atoms with Crippen LogP contribution in [0.2, 0.25) is 6.32 Å². The summed E-state index contributed by atoms with van der Waals surface area (Å²) in [4.78, 5) is 14.3. The van der Waals surface area contributed by atoms with Crippen LogP contribution in [0.5, 0.6) is 0 Å². The maximum atomic E-state index is 12.0. The van der Waals surface area contributed by atoms with E-state index in [0.29, 0.717) is 19.4 Å². The molecule has 1 aliphatic heterocycles. The normalized spacial score (nSPS) is 29.2. The summed E-state index contributed by atoms with van der Waals surface area (Å²) in [6.45, 7) is 2.48. The average molecular weight is 360 g/mol. The van der Waals surface area contributed by atoms with E-state index in [9.17, 15) is 9.90 Å². The second-order valence-corrected chi connectivity index (χ2v) is 8.00. The van der Waals surface area contributed by atoms with Gasteiger partial charge in [0, 0.05) is 25.6 Å². The van der Waals surface area contributed by atoms with Crippen molar-refractivity contribution in [3.8, 4) is 0 Å². The molecular formula is C19H29BN2O4. The van der Waals surface area contributed by atoms with Crippen molar-refractivity contribution in [1.29, 1.82) is 0 Å². The van der Waals surface area contributed by atoms with Crippen molar-refractivity contribution >= 4 is 13.1 Å². The van der Waals surface area contributed by atoms with Gasteiger partial charge >= 0.3 is 13.1 Å². The number of carboxylic acids is 1. The molecule has 5 N–H and O–H groups in total. The molecule has 6 nitrogen and oxygen atoms in total. The van der Waals surface area contributed by atoms with Crippen LogP contribution >= 0.6 is 0 Å². The van der Waals surface area contributed by atoms with Gasteiger partial charge in [0.1, 0.15) is 5.54 Å². The number of benzene rings is 1. The third-order valence-electron chi connectivity index (χ3n) is 6.20. The molecule has 3 unspecified atom stereocenters. The first kappa shape index (κ1) is 19.4. The van der Waals surface area contributed by atoms with Crippen LogP contribution in [0.15, 0.2) is 24.3 Å². The molecule has 3 atom stereocenters. The molecule has 0 spiro atoms. The third-order valence-corrected chi connectivity index (χ3v) is 6.20. The molecule has 1 aromatic carbocycles. The number of nitrogens with two attached hydrogens (primary N) is 1. The summed E-state index contributed by atoms with van der Waals surface area (Å²) in [5.41, 5.74) is 7.87. The molecule has 2 aliphatic rings. The lowest BCUT2D eigenvalue weighted by Gasteiger charge is -2.44. The Morgan fingerprint density at radius 1 is 1.27 bits per heavy atom. The first-order valence-electron chi connectivity index (χ1n) is 9.56. The van der Waals surface area contributed by atoms with Gasteiger partial charge in [-0.2, -0.15) is 0 Å². The number of fused-ring (bicyclic) bond motifs is 1. The molecule has 26 heavy (non-hydrogen) atoms. The van der Waals surface area contributed by atoms with Crippen LogP contribution < -0.4 is 5.73 Å². The lowest BCUT2D eigenvalue weighted by molar-refractivity contribution is -0.148. The van der Waals surface area contributed by atoms with Gasteiger partial charge in [-0.05, 0) is 49.0 Å². The van der Waals surface area contributed by atoms with Gasteiger partial charge < -0.3 is 20.9 Å². The molecular weight excluding hydrogens is 331 g/mol.